The Kier molecular flexibility index (Phi) is 13.8. The molecule has 12 heteroatoms. The van der Waals surface area contributed by atoms with Crippen molar-refractivity contribution in [2.75, 3.05) is 20.1 Å². The van der Waals surface area contributed by atoms with Crippen molar-refractivity contribution in [2.45, 2.75) is 123 Å². The van der Waals surface area contributed by atoms with E-state index in [1.165, 1.54) is 4.90 Å². The van der Waals surface area contributed by atoms with E-state index in [2.05, 4.69) is 20.9 Å². The van der Waals surface area contributed by atoms with Gasteiger partial charge in [-0.15, -0.1) is 5.10 Å². The van der Waals surface area contributed by atoms with Gasteiger partial charge in [0.1, 0.15) is 36.2 Å². The average Bonchev–Trinajstić information content (AvgIpc) is 3.73. The molecular formula is C36H55N7O5. The fourth-order valence-corrected chi connectivity index (χ4v) is 6.57. The first-order chi connectivity index (χ1) is 23.0. The predicted molar refractivity (Wildman–Crippen MR) is 183 cm³/mol. The van der Waals surface area contributed by atoms with Gasteiger partial charge < -0.3 is 25.2 Å². The average molecular weight is 666 g/mol. The number of ether oxygens (including phenoxy) is 1. The summed E-state index contributed by atoms with van der Waals surface area (Å²) in [6.45, 7) is 9.95. The van der Waals surface area contributed by atoms with Crippen molar-refractivity contribution in [3.63, 3.8) is 0 Å². The van der Waals surface area contributed by atoms with E-state index in [1.807, 2.05) is 38.6 Å². The molecule has 3 heterocycles. The van der Waals surface area contributed by atoms with Crippen molar-refractivity contribution in [1.82, 2.24) is 35.4 Å². The van der Waals surface area contributed by atoms with Crippen LogP contribution in [0.25, 0.3) is 0 Å². The van der Waals surface area contributed by atoms with Gasteiger partial charge in [0.15, 0.2) is 0 Å². The first-order valence-corrected chi connectivity index (χ1v) is 17.8. The summed E-state index contributed by atoms with van der Waals surface area (Å²) in [6.07, 6.45) is 10.1. The molecule has 1 aromatic heterocycles. The minimum atomic E-state index is -0.836. The van der Waals surface area contributed by atoms with Gasteiger partial charge in [0.05, 0.1) is 11.8 Å². The standard InChI is InChI=1S/C36H55N7O5/c1-25(2)21-29-35(46)43-20-14-16-30(43)36(47)41(5)31(22-26(3)4)34(45)37-18-12-8-6-7-9-13-19-42-23-27(39-40-42)24-48-32-17-11-10-15-28(32)33(44)38-29/h10-11,15,17,23,25-26,29-31H,6-9,12-14,16,18-22,24H2,1-5H3,(H,37,45)(H,38,44)/t29-,30-,31+/m1/s1. The van der Waals surface area contributed by atoms with E-state index in [0.29, 0.717) is 55.8 Å². The molecule has 48 heavy (non-hydrogen) atoms. The molecule has 4 rings (SSSR count). The first-order valence-electron chi connectivity index (χ1n) is 17.8. The van der Waals surface area contributed by atoms with Gasteiger partial charge in [-0.25, -0.2) is 0 Å². The molecule has 12 nitrogen and oxygen atoms in total. The Balaban J connectivity index is 1.58. The van der Waals surface area contributed by atoms with Crippen molar-refractivity contribution in [2.24, 2.45) is 11.8 Å². The summed E-state index contributed by atoms with van der Waals surface area (Å²) in [6, 6.07) is 4.78. The summed E-state index contributed by atoms with van der Waals surface area (Å²) >= 11 is 0. The molecule has 2 aromatic rings. The quantitative estimate of drug-likeness (QED) is 0.496. The lowest BCUT2D eigenvalue weighted by Crippen LogP contribution is -2.57. The maximum atomic E-state index is 14.1. The van der Waals surface area contributed by atoms with Crippen LogP contribution in [-0.2, 0) is 27.5 Å². The molecule has 2 N–H and O–H groups in total. The summed E-state index contributed by atoms with van der Waals surface area (Å²) < 4.78 is 7.86. The van der Waals surface area contributed by atoms with E-state index in [9.17, 15) is 19.2 Å². The summed E-state index contributed by atoms with van der Waals surface area (Å²) in [5.74, 6) is -0.438. The van der Waals surface area contributed by atoms with Crippen LogP contribution in [0.15, 0.2) is 30.5 Å². The van der Waals surface area contributed by atoms with Crippen LogP contribution < -0.4 is 15.4 Å². The number of likely N-dealkylation sites (N-methyl/N-ethyl adjacent to an activating group) is 1. The minimum absolute atomic E-state index is 0.104. The lowest BCUT2D eigenvalue weighted by atomic mass is 10.00. The summed E-state index contributed by atoms with van der Waals surface area (Å²) in [5.41, 5.74) is 0.969. The highest BCUT2D eigenvalue weighted by atomic mass is 16.5. The summed E-state index contributed by atoms with van der Waals surface area (Å²) in [7, 11) is 1.68. The van der Waals surface area contributed by atoms with Crippen LogP contribution in [0.5, 0.6) is 5.75 Å². The molecule has 1 fully saturated rings. The van der Waals surface area contributed by atoms with E-state index in [4.69, 9.17) is 4.74 Å². The minimum Gasteiger partial charge on any atom is -0.486 e. The number of hydrogen-bond acceptors (Lipinski definition) is 7. The maximum absolute atomic E-state index is 14.1. The Morgan fingerprint density at radius 2 is 1.58 bits per heavy atom. The monoisotopic (exact) mass is 665 g/mol. The molecule has 0 aliphatic carbocycles. The van der Waals surface area contributed by atoms with Crippen molar-refractivity contribution >= 4 is 23.6 Å². The molecule has 2 bridgehead atoms. The normalized spacial score (nSPS) is 23.0. The lowest BCUT2D eigenvalue weighted by molar-refractivity contribution is -0.148. The highest BCUT2D eigenvalue weighted by Gasteiger charge is 2.41. The molecule has 4 amide bonds. The van der Waals surface area contributed by atoms with Gasteiger partial charge in [-0.05, 0) is 62.5 Å². The molecular weight excluding hydrogens is 610 g/mol. The molecule has 0 spiro atoms. The summed E-state index contributed by atoms with van der Waals surface area (Å²) in [5, 5.41) is 14.5. The molecule has 264 valence electrons. The fourth-order valence-electron chi connectivity index (χ4n) is 6.57. The summed E-state index contributed by atoms with van der Waals surface area (Å²) in [4.78, 5) is 58.4. The van der Waals surface area contributed by atoms with Crippen LogP contribution >= 0.6 is 0 Å². The second-order valence-electron chi connectivity index (χ2n) is 14.1. The van der Waals surface area contributed by atoms with Crippen molar-refractivity contribution in [3.8, 4) is 5.75 Å². The van der Waals surface area contributed by atoms with Crippen LogP contribution in [0, 0.1) is 11.8 Å². The number of benzene rings is 1. The Morgan fingerprint density at radius 1 is 0.875 bits per heavy atom. The van der Waals surface area contributed by atoms with Crippen molar-refractivity contribution < 1.29 is 23.9 Å². The zero-order valence-corrected chi connectivity index (χ0v) is 29.5. The number of carbonyl (C=O) groups is 4. The fraction of sp³-hybridized carbons (Fsp3) is 0.667. The van der Waals surface area contributed by atoms with Gasteiger partial charge in [0.2, 0.25) is 17.7 Å². The number of rotatable bonds is 4. The maximum Gasteiger partial charge on any atom is 0.255 e. The Labute approximate surface area is 285 Å². The zero-order valence-electron chi connectivity index (χ0n) is 29.5. The second-order valence-corrected chi connectivity index (χ2v) is 14.1. The number of nitrogens with zero attached hydrogens (tertiary/aromatic N) is 5. The van der Waals surface area contributed by atoms with Gasteiger partial charge in [-0.3, -0.25) is 23.9 Å². The van der Waals surface area contributed by atoms with Crippen LogP contribution in [-0.4, -0.2) is 86.7 Å². The van der Waals surface area contributed by atoms with Crippen molar-refractivity contribution in [3.05, 3.63) is 41.7 Å². The van der Waals surface area contributed by atoms with Crippen LogP contribution in [0.1, 0.15) is 108 Å². The Morgan fingerprint density at radius 3 is 2.33 bits per heavy atom. The molecule has 0 radical (unpaired) electrons. The number of aromatic nitrogens is 3. The zero-order chi connectivity index (χ0) is 34.6. The van der Waals surface area contributed by atoms with Gasteiger partial charge in [-0.1, -0.05) is 70.7 Å². The number of carbonyl (C=O) groups excluding carboxylic acids is 4. The smallest absolute Gasteiger partial charge is 0.255 e. The number of fused-ring (bicyclic) bond motifs is 4. The SMILES string of the molecule is CC(C)C[C@H]1NC(=O)c2ccccc2OCc2cn(nn2)CCCCCCCCNC(=O)[C@H](CC(C)C)N(C)C(=O)[C@H]2CCCN2C1=O. The Bertz CT molecular complexity index is 1380. The van der Waals surface area contributed by atoms with E-state index < -0.39 is 24.0 Å². The third-order valence-corrected chi connectivity index (χ3v) is 9.15. The number of amides is 4. The van der Waals surface area contributed by atoms with E-state index in [-0.39, 0.29) is 36.2 Å². The highest BCUT2D eigenvalue weighted by molar-refractivity contribution is 6.00. The van der Waals surface area contributed by atoms with Crippen LogP contribution in [0.3, 0.4) is 0 Å². The topological polar surface area (TPSA) is 139 Å². The molecule has 2 aliphatic rings. The second kappa shape index (κ2) is 18.0. The molecule has 3 atom stereocenters. The van der Waals surface area contributed by atoms with Crippen molar-refractivity contribution in [1.29, 1.82) is 0 Å². The molecule has 2 aliphatic heterocycles. The highest BCUT2D eigenvalue weighted by Crippen LogP contribution is 2.25. The third kappa shape index (κ3) is 10.3. The van der Waals surface area contributed by atoms with E-state index >= 15 is 0 Å². The third-order valence-electron chi connectivity index (χ3n) is 9.15. The number of aryl methyl sites for hydroxylation is 1. The lowest BCUT2D eigenvalue weighted by Gasteiger charge is -2.35. The number of para-hydroxylation sites is 1. The van der Waals surface area contributed by atoms with Crippen LogP contribution in [0.4, 0.5) is 0 Å². The number of nitrogens with one attached hydrogen (secondary N) is 2. The number of hydrogen-bond donors (Lipinski definition) is 2. The first kappa shape index (κ1) is 36.9. The van der Waals surface area contributed by atoms with Gasteiger partial charge in [-0.2, -0.15) is 0 Å². The molecule has 0 saturated carbocycles. The van der Waals surface area contributed by atoms with E-state index in [1.54, 1.807) is 36.2 Å². The van der Waals surface area contributed by atoms with Gasteiger partial charge >= 0.3 is 0 Å². The largest absolute Gasteiger partial charge is 0.486 e. The van der Waals surface area contributed by atoms with Gasteiger partial charge in [0.25, 0.3) is 5.91 Å². The van der Waals surface area contributed by atoms with Crippen LogP contribution in [0.2, 0.25) is 0 Å². The predicted octanol–water partition coefficient (Wildman–Crippen LogP) is 4.34. The molecule has 1 saturated heterocycles. The Hall–Kier alpha value is -3.96. The van der Waals surface area contributed by atoms with E-state index in [0.717, 1.165) is 45.1 Å². The molecule has 0 unspecified atom stereocenters. The van der Waals surface area contributed by atoms with Gasteiger partial charge in [0, 0.05) is 26.7 Å². The molecule has 1 aromatic carbocycles.